The molecule has 0 aliphatic heterocycles. The van der Waals surface area contributed by atoms with Gasteiger partial charge in [0.1, 0.15) is 5.75 Å². The second kappa shape index (κ2) is 7.11. The van der Waals surface area contributed by atoms with Crippen molar-refractivity contribution < 1.29 is 27.4 Å². The number of halogens is 3. The molecular formula is C18H23F3O3. The number of hydrogen-bond acceptors (Lipinski definition) is 3. The number of hydrogen-bond donors (Lipinski definition) is 0. The Morgan fingerprint density at radius 1 is 1.04 bits per heavy atom. The molecular weight excluding hydrogens is 321 g/mol. The van der Waals surface area contributed by atoms with Gasteiger partial charge in [0.15, 0.2) is 11.5 Å². The smallest absolute Gasteiger partial charge is 0.493 e. The van der Waals surface area contributed by atoms with E-state index in [1.165, 1.54) is 18.9 Å². The minimum Gasteiger partial charge on any atom is -0.493 e. The predicted octanol–water partition coefficient (Wildman–Crippen LogP) is 5.39. The van der Waals surface area contributed by atoms with Crippen molar-refractivity contribution >= 4 is 0 Å². The maximum absolute atomic E-state index is 12.8. The first-order valence-corrected chi connectivity index (χ1v) is 8.61. The van der Waals surface area contributed by atoms with Crippen LogP contribution in [0.1, 0.15) is 50.5 Å². The first-order valence-electron chi connectivity index (χ1n) is 8.61. The van der Waals surface area contributed by atoms with Gasteiger partial charge in [0, 0.05) is 5.56 Å². The van der Waals surface area contributed by atoms with Crippen molar-refractivity contribution in [3.05, 3.63) is 17.7 Å². The predicted molar refractivity (Wildman–Crippen MR) is 83.6 cm³/mol. The minimum atomic E-state index is -4.76. The zero-order valence-corrected chi connectivity index (χ0v) is 13.8. The van der Waals surface area contributed by atoms with E-state index in [-0.39, 0.29) is 17.6 Å². The van der Waals surface area contributed by atoms with Gasteiger partial charge in [-0.05, 0) is 57.1 Å². The molecule has 6 heteroatoms. The summed E-state index contributed by atoms with van der Waals surface area (Å²) < 4.78 is 54.1. The molecule has 0 heterocycles. The van der Waals surface area contributed by atoms with Crippen LogP contribution in [0, 0.1) is 12.8 Å². The second-order valence-electron chi connectivity index (χ2n) is 6.67. The molecule has 0 radical (unpaired) electrons. The van der Waals surface area contributed by atoms with Crippen molar-refractivity contribution in [1.29, 1.82) is 0 Å². The molecule has 0 atom stereocenters. The standard InChI is InChI=1S/C18H23F3O3/c1-12-15(22-11-10-13-6-7-13)8-9-16(17(12)24-18(19,20)21)23-14-4-2-3-5-14/h8-9,13-14H,2-7,10-11H2,1H3. The summed E-state index contributed by atoms with van der Waals surface area (Å²) in [6.45, 7) is 2.09. The van der Waals surface area contributed by atoms with Gasteiger partial charge >= 0.3 is 6.36 Å². The van der Waals surface area contributed by atoms with Crippen LogP contribution in [-0.4, -0.2) is 19.1 Å². The van der Waals surface area contributed by atoms with E-state index in [0.717, 1.165) is 32.1 Å². The van der Waals surface area contributed by atoms with Gasteiger partial charge in [0.25, 0.3) is 0 Å². The van der Waals surface area contributed by atoms with Gasteiger partial charge in [0.2, 0.25) is 0 Å². The highest BCUT2D eigenvalue weighted by Gasteiger charge is 2.34. The molecule has 2 aliphatic rings. The maximum Gasteiger partial charge on any atom is 0.573 e. The number of ether oxygens (including phenoxy) is 3. The Balaban J connectivity index is 1.76. The molecule has 2 aliphatic carbocycles. The van der Waals surface area contributed by atoms with E-state index < -0.39 is 6.36 Å². The van der Waals surface area contributed by atoms with E-state index in [9.17, 15) is 13.2 Å². The average molecular weight is 344 g/mol. The van der Waals surface area contributed by atoms with Crippen LogP contribution >= 0.6 is 0 Å². The monoisotopic (exact) mass is 344 g/mol. The summed E-state index contributed by atoms with van der Waals surface area (Å²) in [5.41, 5.74) is 0.332. The Bertz CT molecular complexity index is 561. The Morgan fingerprint density at radius 2 is 1.71 bits per heavy atom. The van der Waals surface area contributed by atoms with E-state index in [1.807, 2.05) is 0 Å². The first-order chi connectivity index (χ1) is 11.4. The van der Waals surface area contributed by atoms with E-state index in [0.29, 0.717) is 23.8 Å². The van der Waals surface area contributed by atoms with Crippen LogP contribution in [0.2, 0.25) is 0 Å². The summed E-state index contributed by atoms with van der Waals surface area (Å²) in [5.74, 6) is 0.999. The number of benzene rings is 1. The third-order valence-corrected chi connectivity index (χ3v) is 4.61. The molecule has 1 aromatic carbocycles. The van der Waals surface area contributed by atoms with Crippen molar-refractivity contribution in [3.63, 3.8) is 0 Å². The summed E-state index contributed by atoms with van der Waals surface area (Å²) in [7, 11) is 0. The minimum absolute atomic E-state index is 0.0402. The van der Waals surface area contributed by atoms with Crippen molar-refractivity contribution in [2.75, 3.05) is 6.61 Å². The van der Waals surface area contributed by atoms with Gasteiger partial charge in [-0.2, -0.15) is 0 Å². The summed E-state index contributed by atoms with van der Waals surface area (Å²) >= 11 is 0. The van der Waals surface area contributed by atoms with Gasteiger partial charge < -0.3 is 14.2 Å². The van der Waals surface area contributed by atoms with Crippen molar-refractivity contribution in [1.82, 2.24) is 0 Å². The molecule has 1 aromatic rings. The molecule has 0 bridgehead atoms. The summed E-state index contributed by atoms with van der Waals surface area (Å²) in [6.07, 6.45) is 2.40. The lowest BCUT2D eigenvalue weighted by molar-refractivity contribution is -0.275. The largest absolute Gasteiger partial charge is 0.573 e. The van der Waals surface area contributed by atoms with Crippen LogP contribution < -0.4 is 14.2 Å². The zero-order chi connectivity index (χ0) is 17.2. The third-order valence-electron chi connectivity index (χ3n) is 4.61. The summed E-state index contributed by atoms with van der Waals surface area (Å²) in [5, 5.41) is 0. The highest BCUT2D eigenvalue weighted by Crippen LogP contribution is 2.42. The molecule has 0 aromatic heterocycles. The van der Waals surface area contributed by atoms with E-state index in [2.05, 4.69) is 4.74 Å². The molecule has 0 saturated heterocycles. The maximum atomic E-state index is 12.8. The lowest BCUT2D eigenvalue weighted by Gasteiger charge is -2.21. The normalized spacial score (nSPS) is 18.7. The van der Waals surface area contributed by atoms with Crippen LogP contribution in [0.4, 0.5) is 13.2 Å². The topological polar surface area (TPSA) is 27.7 Å². The van der Waals surface area contributed by atoms with Crippen molar-refractivity contribution in [2.24, 2.45) is 5.92 Å². The molecule has 3 nitrogen and oxygen atoms in total. The highest BCUT2D eigenvalue weighted by molar-refractivity contribution is 5.53. The Morgan fingerprint density at radius 3 is 2.33 bits per heavy atom. The number of rotatable bonds is 7. The molecule has 3 rings (SSSR count). The zero-order valence-electron chi connectivity index (χ0n) is 13.8. The second-order valence-corrected chi connectivity index (χ2v) is 6.67. The van der Waals surface area contributed by atoms with Crippen LogP contribution in [0.15, 0.2) is 12.1 Å². The van der Waals surface area contributed by atoms with Crippen molar-refractivity contribution in [2.45, 2.75) is 64.3 Å². The van der Waals surface area contributed by atoms with Crippen LogP contribution in [0.5, 0.6) is 17.2 Å². The molecule has 0 spiro atoms. The van der Waals surface area contributed by atoms with E-state index in [4.69, 9.17) is 9.47 Å². The summed E-state index contributed by atoms with van der Waals surface area (Å²) in [6, 6.07) is 3.20. The SMILES string of the molecule is Cc1c(OCCC2CC2)ccc(OC2CCCC2)c1OC(F)(F)F. The summed E-state index contributed by atoms with van der Waals surface area (Å²) in [4.78, 5) is 0. The molecule has 134 valence electrons. The van der Waals surface area contributed by atoms with Gasteiger partial charge in [-0.15, -0.1) is 13.2 Å². The molecule has 0 N–H and O–H groups in total. The lowest BCUT2D eigenvalue weighted by Crippen LogP contribution is -2.20. The third kappa shape index (κ3) is 4.71. The molecule has 2 fully saturated rings. The van der Waals surface area contributed by atoms with Crippen LogP contribution in [-0.2, 0) is 0 Å². The Kier molecular flexibility index (Phi) is 5.11. The Hall–Kier alpha value is -1.59. The first kappa shape index (κ1) is 17.2. The molecule has 24 heavy (non-hydrogen) atoms. The van der Waals surface area contributed by atoms with E-state index >= 15 is 0 Å². The number of alkyl halides is 3. The van der Waals surface area contributed by atoms with E-state index in [1.54, 1.807) is 13.0 Å². The lowest BCUT2D eigenvalue weighted by atomic mass is 10.1. The van der Waals surface area contributed by atoms with Gasteiger partial charge in [-0.3, -0.25) is 0 Å². The van der Waals surface area contributed by atoms with Crippen molar-refractivity contribution in [3.8, 4) is 17.2 Å². The molecule has 0 unspecified atom stereocenters. The highest BCUT2D eigenvalue weighted by atomic mass is 19.4. The van der Waals surface area contributed by atoms with Gasteiger partial charge in [0.05, 0.1) is 12.7 Å². The quantitative estimate of drug-likeness (QED) is 0.663. The molecule has 0 amide bonds. The van der Waals surface area contributed by atoms with Crippen LogP contribution in [0.3, 0.4) is 0 Å². The average Bonchev–Trinajstić information content (AvgIpc) is 3.18. The molecule has 2 saturated carbocycles. The fraction of sp³-hybridized carbons (Fsp3) is 0.667. The fourth-order valence-corrected chi connectivity index (χ4v) is 3.07. The van der Waals surface area contributed by atoms with Crippen LogP contribution in [0.25, 0.3) is 0 Å². The fourth-order valence-electron chi connectivity index (χ4n) is 3.07. The van der Waals surface area contributed by atoms with Gasteiger partial charge in [-0.1, -0.05) is 12.8 Å². The Labute approximate surface area is 140 Å². The van der Waals surface area contributed by atoms with Gasteiger partial charge in [-0.25, -0.2) is 0 Å².